The zero-order chi connectivity index (χ0) is 13.9. The normalized spacial score (nSPS) is 16.8. The first kappa shape index (κ1) is 14.6. The highest BCUT2D eigenvalue weighted by molar-refractivity contribution is 9.09. The molecule has 1 fully saturated rings. The average Bonchev–Trinajstić information content (AvgIpc) is 2.88. The van der Waals surface area contributed by atoms with Crippen LogP contribution in [0.2, 0.25) is 0 Å². The van der Waals surface area contributed by atoms with Crippen LogP contribution in [0.5, 0.6) is 0 Å². The minimum atomic E-state index is -4.42. The van der Waals surface area contributed by atoms with Crippen molar-refractivity contribution < 1.29 is 13.2 Å². The summed E-state index contributed by atoms with van der Waals surface area (Å²) >= 11 is 3.33. The molecule has 1 saturated carbocycles. The fraction of sp³-hybridized carbons (Fsp3) is 0.667. The second-order valence-electron chi connectivity index (χ2n) is 4.56. The molecule has 0 bridgehead atoms. The summed E-state index contributed by atoms with van der Waals surface area (Å²) in [5.41, 5.74) is -0.880. The summed E-state index contributed by atoms with van der Waals surface area (Å²) in [4.78, 5) is 9.57. The third-order valence-electron chi connectivity index (χ3n) is 3.28. The molecule has 0 N–H and O–H groups in total. The van der Waals surface area contributed by atoms with Crippen molar-refractivity contribution in [2.24, 2.45) is 0 Å². The van der Waals surface area contributed by atoms with Gasteiger partial charge < -0.3 is 4.90 Å². The molecule has 7 heteroatoms. The maximum atomic E-state index is 12.7. The Labute approximate surface area is 118 Å². The molecular weight excluding hydrogens is 323 g/mol. The molecule has 3 nitrogen and oxygen atoms in total. The van der Waals surface area contributed by atoms with Crippen molar-refractivity contribution in [2.75, 3.05) is 16.8 Å². The Morgan fingerprint density at radius 3 is 2.58 bits per heavy atom. The lowest BCUT2D eigenvalue weighted by Crippen LogP contribution is -2.36. The molecule has 0 radical (unpaired) electrons. The first-order valence-electron chi connectivity index (χ1n) is 6.25. The van der Waals surface area contributed by atoms with Crippen LogP contribution in [0.25, 0.3) is 0 Å². The van der Waals surface area contributed by atoms with Crippen LogP contribution >= 0.6 is 15.9 Å². The standard InChI is InChI=1S/C12H15BrF3N3/c13-6-8-19(9-3-1-2-4-9)11-17-7-5-10(18-11)12(14,15)16/h5,7,9H,1-4,6,8H2. The lowest BCUT2D eigenvalue weighted by atomic mass is 10.2. The van der Waals surface area contributed by atoms with Crippen molar-refractivity contribution in [1.29, 1.82) is 0 Å². The monoisotopic (exact) mass is 337 g/mol. The molecule has 0 unspecified atom stereocenters. The van der Waals surface area contributed by atoms with E-state index >= 15 is 0 Å². The van der Waals surface area contributed by atoms with E-state index < -0.39 is 11.9 Å². The topological polar surface area (TPSA) is 29.0 Å². The number of halogens is 4. The molecule has 0 aromatic carbocycles. The van der Waals surface area contributed by atoms with E-state index in [1.807, 2.05) is 4.90 Å². The van der Waals surface area contributed by atoms with Crippen molar-refractivity contribution in [3.8, 4) is 0 Å². The second kappa shape index (κ2) is 6.07. The number of rotatable bonds is 4. The minimum Gasteiger partial charge on any atom is -0.337 e. The summed E-state index contributed by atoms with van der Waals surface area (Å²) < 4.78 is 38.0. The molecule has 0 spiro atoms. The van der Waals surface area contributed by atoms with E-state index in [0.29, 0.717) is 11.9 Å². The third-order valence-corrected chi connectivity index (χ3v) is 3.64. The highest BCUT2D eigenvalue weighted by Gasteiger charge is 2.34. The van der Waals surface area contributed by atoms with Gasteiger partial charge in [0.25, 0.3) is 0 Å². The van der Waals surface area contributed by atoms with E-state index in [9.17, 15) is 13.2 Å². The van der Waals surface area contributed by atoms with Crippen LogP contribution in [0.3, 0.4) is 0 Å². The lowest BCUT2D eigenvalue weighted by molar-refractivity contribution is -0.141. The van der Waals surface area contributed by atoms with Crippen LogP contribution in [0.15, 0.2) is 12.3 Å². The van der Waals surface area contributed by atoms with Gasteiger partial charge >= 0.3 is 6.18 Å². The summed E-state index contributed by atoms with van der Waals surface area (Å²) in [7, 11) is 0. The molecule has 1 heterocycles. The molecule has 0 amide bonds. The molecule has 19 heavy (non-hydrogen) atoms. The molecule has 0 saturated heterocycles. The average molecular weight is 338 g/mol. The van der Waals surface area contributed by atoms with Gasteiger partial charge in [0, 0.05) is 24.1 Å². The fourth-order valence-corrected chi connectivity index (χ4v) is 2.78. The van der Waals surface area contributed by atoms with Gasteiger partial charge in [-0.1, -0.05) is 28.8 Å². The predicted octanol–water partition coefficient (Wildman–Crippen LogP) is 3.64. The molecular formula is C12H15BrF3N3. The fourth-order valence-electron chi connectivity index (χ4n) is 2.40. The van der Waals surface area contributed by atoms with E-state index in [-0.39, 0.29) is 12.0 Å². The first-order valence-corrected chi connectivity index (χ1v) is 7.37. The maximum Gasteiger partial charge on any atom is 0.433 e. The van der Waals surface area contributed by atoms with Gasteiger partial charge in [-0.15, -0.1) is 0 Å². The molecule has 0 aliphatic heterocycles. The zero-order valence-electron chi connectivity index (χ0n) is 10.3. The van der Waals surface area contributed by atoms with E-state index in [1.54, 1.807) is 0 Å². The van der Waals surface area contributed by atoms with Gasteiger partial charge in [-0.05, 0) is 18.9 Å². The van der Waals surface area contributed by atoms with Crippen molar-refractivity contribution in [3.63, 3.8) is 0 Å². The van der Waals surface area contributed by atoms with Gasteiger partial charge in [-0.3, -0.25) is 0 Å². The van der Waals surface area contributed by atoms with Crippen LogP contribution in [-0.2, 0) is 6.18 Å². The highest BCUT2D eigenvalue weighted by atomic mass is 79.9. The minimum absolute atomic E-state index is 0.182. The van der Waals surface area contributed by atoms with Crippen LogP contribution in [0.1, 0.15) is 31.4 Å². The Balaban J connectivity index is 2.25. The Morgan fingerprint density at radius 2 is 2.00 bits per heavy atom. The summed E-state index contributed by atoms with van der Waals surface area (Å²) in [5, 5.41) is 0.684. The summed E-state index contributed by atoms with van der Waals surface area (Å²) in [5.74, 6) is 0.182. The zero-order valence-corrected chi connectivity index (χ0v) is 11.9. The Kier molecular flexibility index (Phi) is 4.65. The quantitative estimate of drug-likeness (QED) is 0.785. The van der Waals surface area contributed by atoms with E-state index in [4.69, 9.17) is 0 Å². The smallest absolute Gasteiger partial charge is 0.337 e. The molecule has 106 valence electrons. The SMILES string of the molecule is FC(F)(F)c1ccnc(N(CCBr)C2CCCC2)n1. The van der Waals surface area contributed by atoms with Gasteiger partial charge in [0.15, 0.2) is 0 Å². The van der Waals surface area contributed by atoms with Gasteiger partial charge in [-0.2, -0.15) is 13.2 Å². The van der Waals surface area contributed by atoms with Gasteiger partial charge in [0.2, 0.25) is 5.95 Å². The summed E-state index contributed by atoms with van der Waals surface area (Å²) in [6.45, 7) is 0.617. The van der Waals surface area contributed by atoms with Crippen molar-refractivity contribution in [2.45, 2.75) is 37.9 Å². The largest absolute Gasteiger partial charge is 0.433 e. The second-order valence-corrected chi connectivity index (χ2v) is 5.35. The molecule has 1 aliphatic rings. The van der Waals surface area contributed by atoms with E-state index in [0.717, 1.165) is 31.7 Å². The number of aromatic nitrogens is 2. The van der Waals surface area contributed by atoms with Gasteiger partial charge in [0.1, 0.15) is 5.69 Å². The van der Waals surface area contributed by atoms with Crippen molar-refractivity contribution >= 4 is 21.9 Å². The number of hydrogen-bond donors (Lipinski definition) is 0. The lowest BCUT2D eigenvalue weighted by Gasteiger charge is -2.28. The molecule has 0 atom stereocenters. The van der Waals surface area contributed by atoms with Crippen LogP contribution in [0.4, 0.5) is 19.1 Å². The van der Waals surface area contributed by atoms with Crippen molar-refractivity contribution in [1.82, 2.24) is 9.97 Å². The number of anilines is 1. The van der Waals surface area contributed by atoms with Gasteiger partial charge in [-0.25, -0.2) is 9.97 Å². The predicted molar refractivity (Wildman–Crippen MR) is 70.4 cm³/mol. The summed E-state index contributed by atoms with van der Waals surface area (Å²) in [6, 6.07) is 1.16. The van der Waals surface area contributed by atoms with E-state index in [1.165, 1.54) is 6.20 Å². The van der Waals surface area contributed by atoms with E-state index in [2.05, 4.69) is 25.9 Å². The maximum absolute atomic E-state index is 12.7. The number of hydrogen-bond acceptors (Lipinski definition) is 3. The highest BCUT2D eigenvalue weighted by Crippen LogP contribution is 2.30. The summed E-state index contributed by atoms with van der Waals surface area (Å²) in [6.07, 6.45) is 0.971. The molecule has 2 rings (SSSR count). The van der Waals surface area contributed by atoms with Crippen LogP contribution in [0, 0.1) is 0 Å². The first-order chi connectivity index (χ1) is 9.02. The Bertz CT molecular complexity index is 419. The number of alkyl halides is 4. The molecule has 1 aromatic heterocycles. The Morgan fingerprint density at radius 1 is 1.32 bits per heavy atom. The van der Waals surface area contributed by atoms with Crippen LogP contribution < -0.4 is 4.90 Å². The van der Waals surface area contributed by atoms with Crippen LogP contribution in [-0.4, -0.2) is 27.9 Å². The Hall–Kier alpha value is -0.850. The molecule has 1 aliphatic carbocycles. The van der Waals surface area contributed by atoms with Crippen molar-refractivity contribution in [3.05, 3.63) is 18.0 Å². The third kappa shape index (κ3) is 3.58. The van der Waals surface area contributed by atoms with Gasteiger partial charge in [0.05, 0.1) is 0 Å². The number of nitrogens with zero attached hydrogens (tertiary/aromatic N) is 3. The molecule has 1 aromatic rings.